The summed E-state index contributed by atoms with van der Waals surface area (Å²) in [6.45, 7) is 8.09. The van der Waals surface area contributed by atoms with Gasteiger partial charge < -0.3 is 19.3 Å². The molecule has 0 aromatic carbocycles. The molecule has 2 saturated heterocycles. The van der Waals surface area contributed by atoms with Gasteiger partial charge in [0.25, 0.3) is 0 Å². The molecule has 0 aromatic heterocycles. The van der Waals surface area contributed by atoms with Crippen LogP contribution in [0.1, 0.15) is 65.7 Å². The summed E-state index contributed by atoms with van der Waals surface area (Å²) in [5.41, 5.74) is 0.912. The average molecular weight is 360 g/mol. The molecular formula is C22H32O4. The smallest absolute Gasteiger partial charge is 0.171 e. The van der Waals surface area contributed by atoms with Gasteiger partial charge in [-0.3, -0.25) is 0 Å². The number of rotatable bonds is 0. The zero-order valence-electron chi connectivity index (χ0n) is 16.3. The van der Waals surface area contributed by atoms with Crippen LogP contribution in [0, 0.1) is 23.2 Å². The third-order valence-electron chi connectivity index (χ3n) is 9.79. The lowest BCUT2D eigenvalue weighted by Crippen LogP contribution is -2.53. The highest BCUT2D eigenvalue weighted by Crippen LogP contribution is 2.74. The second kappa shape index (κ2) is 4.59. The van der Waals surface area contributed by atoms with Crippen LogP contribution in [-0.2, 0) is 14.2 Å². The van der Waals surface area contributed by atoms with Crippen LogP contribution in [0.15, 0.2) is 11.6 Å². The molecule has 1 spiro atoms. The first-order chi connectivity index (χ1) is 12.3. The molecule has 2 aliphatic heterocycles. The van der Waals surface area contributed by atoms with E-state index < -0.39 is 5.60 Å². The standard InChI is InChI=1S/C22H32O4/c1-14-12-17-15-4-7-20-13-21(24-10-11-25-21)8-9-22(20,26-20)16(15)5-6-18(17,2)19(14,3)23/h5,14-15,17,23H,4,6-13H2,1-3H3/t14-,15?,17?,18+,19+,20-,22-/m1/s1. The first kappa shape index (κ1) is 16.5. The van der Waals surface area contributed by atoms with Crippen LogP contribution >= 0.6 is 0 Å². The highest BCUT2D eigenvalue weighted by atomic mass is 16.7. The molecule has 5 fully saturated rings. The average Bonchev–Trinajstić information content (AvgIpc) is 3.02. The first-order valence-corrected chi connectivity index (χ1v) is 10.7. The maximum atomic E-state index is 11.3. The number of epoxide rings is 1. The summed E-state index contributed by atoms with van der Waals surface area (Å²) < 4.78 is 18.7. The number of fused-ring (bicyclic) bond motifs is 3. The minimum Gasteiger partial charge on any atom is -0.389 e. The summed E-state index contributed by atoms with van der Waals surface area (Å²) >= 11 is 0. The van der Waals surface area contributed by atoms with E-state index in [2.05, 4.69) is 26.8 Å². The Balaban J connectivity index is 1.36. The summed E-state index contributed by atoms with van der Waals surface area (Å²) in [5.74, 6) is 1.16. The lowest BCUT2D eigenvalue weighted by molar-refractivity contribution is -0.185. The Kier molecular flexibility index (Phi) is 2.92. The van der Waals surface area contributed by atoms with Crippen molar-refractivity contribution in [2.24, 2.45) is 23.2 Å². The van der Waals surface area contributed by atoms with Crippen molar-refractivity contribution >= 4 is 0 Å². The van der Waals surface area contributed by atoms with Crippen molar-refractivity contribution < 1.29 is 19.3 Å². The Labute approximate surface area is 156 Å². The highest BCUT2D eigenvalue weighted by molar-refractivity contribution is 5.43. The van der Waals surface area contributed by atoms with Gasteiger partial charge in [0.15, 0.2) is 5.79 Å². The quantitative estimate of drug-likeness (QED) is 0.530. The van der Waals surface area contributed by atoms with E-state index in [1.165, 1.54) is 6.42 Å². The lowest BCUT2D eigenvalue weighted by Gasteiger charge is -2.51. The topological polar surface area (TPSA) is 51.2 Å². The maximum absolute atomic E-state index is 11.3. The number of hydrogen-bond acceptors (Lipinski definition) is 4. The fourth-order valence-electron chi connectivity index (χ4n) is 7.88. The first-order valence-electron chi connectivity index (χ1n) is 10.7. The van der Waals surface area contributed by atoms with Gasteiger partial charge in [-0.2, -0.15) is 0 Å². The molecule has 2 heterocycles. The Morgan fingerprint density at radius 1 is 1.12 bits per heavy atom. The van der Waals surface area contributed by atoms with Gasteiger partial charge in [-0.25, -0.2) is 0 Å². The van der Waals surface area contributed by atoms with Crippen molar-refractivity contribution in [2.75, 3.05) is 13.2 Å². The molecule has 26 heavy (non-hydrogen) atoms. The molecule has 6 rings (SSSR count). The maximum Gasteiger partial charge on any atom is 0.171 e. The zero-order chi connectivity index (χ0) is 18.0. The van der Waals surface area contributed by atoms with Gasteiger partial charge in [0.05, 0.1) is 18.8 Å². The van der Waals surface area contributed by atoms with Gasteiger partial charge in [-0.05, 0) is 62.4 Å². The van der Waals surface area contributed by atoms with E-state index in [4.69, 9.17) is 14.2 Å². The minimum absolute atomic E-state index is 0.000320. The number of aliphatic hydroxyl groups is 1. The predicted octanol–water partition coefficient (Wildman–Crippen LogP) is 3.57. The van der Waals surface area contributed by atoms with Crippen LogP contribution in [0.25, 0.3) is 0 Å². The zero-order valence-corrected chi connectivity index (χ0v) is 16.3. The third kappa shape index (κ3) is 1.64. The molecule has 4 heteroatoms. The van der Waals surface area contributed by atoms with E-state index in [9.17, 15) is 5.11 Å². The van der Waals surface area contributed by atoms with Crippen LogP contribution in [0.4, 0.5) is 0 Å². The van der Waals surface area contributed by atoms with Crippen molar-refractivity contribution in [3.8, 4) is 0 Å². The van der Waals surface area contributed by atoms with E-state index in [1.807, 2.05) is 0 Å². The van der Waals surface area contributed by atoms with E-state index in [0.717, 1.165) is 51.7 Å². The fourth-order valence-corrected chi connectivity index (χ4v) is 7.88. The van der Waals surface area contributed by atoms with Crippen LogP contribution in [0.5, 0.6) is 0 Å². The van der Waals surface area contributed by atoms with Gasteiger partial charge in [0.2, 0.25) is 0 Å². The molecule has 1 N–H and O–H groups in total. The van der Waals surface area contributed by atoms with E-state index >= 15 is 0 Å². The van der Waals surface area contributed by atoms with Crippen LogP contribution < -0.4 is 0 Å². The normalized spacial score (nSPS) is 59.2. The second-order valence-corrected chi connectivity index (χ2v) is 10.5. The summed E-state index contributed by atoms with van der Waals surface area (Å²) in [7, 11) is 0. The van der Waals surface area contributed by atoms with E-state index in [-0.39, 0.29) is 22.4 Å². The second-order valence-electron chi connectivity index (χ2n) is 10.5. The minimum atomic E-state index is -0.571. The predicted molar refractivity (Wildman–Crippen MR) is 96.5 cm³/mol. The molecule has 3 saturated carbocycles. The summed E-state index contributed by atoms with van der Waals surface area (Å²) in [4.78, 5) is 0. The third-order valence-corrected chi connectivity index (χ3v) is 9.79. The SMILES string of the molecule is C[C@@H]1CC2C3CC[C@@]45CC6(CC[C@@]4(O5)C3=CC[C@]2(C)[C@@]1(C)O)OCCO6. The van der Waals surface area contributed by atoms with E-state index in [1.54, 1.807) is 5.57 Å². The molecule has 6 aliphatic rings. The van der Waals surface area contributed by atoms with Gasteiger partial charge in [0.1, 0.15) is 11.2 Å². The summed E-state index contributed by atoms with van der Waals surface area (Å²) in [6.07, 6.45) is 9.80. The number of hydrogen-bond donors (Lipinski definition) is 1. The van der Waals surface area contributed by atoms with Crippen molar-refractivity contribution in [1.82, 2.24) is 0 Å². The van der Waals surface area contributed by atoms with Gasteiger partial charge in [-0.15, -0.1) is 0 Å². The Bertz CT molecular complexity index is 692. The summed E-state index contributed by atoms with van der Waals surface area (Å²) in [5, 5.41) is 11.3. The van der Waals surface area contributed by atoms with Crippen molar-refractivity contribution in [3.05, 3.63) is 11.6 Å². The monoisotopic (exact) mass is 360 g/mol. The molecule has 4 aliphatic carbocycles. The molecular weight excluding hydrogens is 328 g/mol. The summed E-state index contributed by atoms with van der Waals surface area (Å²) in [6, 6.07) is 0. The van der Waals surface area contributed by atoms with Gasteiger partial charge in [-0.1, -0.05) is 19.9 Å². The molecule has 0 aromatic rings. The lowest BCUT2D eigenvalue weighted by atomic mass is 9.53. The van der Waals surface area contributed by atoms with E-state index in [0.29, 0.717) is 17.8 Å². The molecule has 0 bridgehead atoms. The largest absolute Gasteiger partial charge is 0.389 e. The van der Waals surface area contributed by atoms with Crippen molar-refractivity contribution in [2.45, 2.75) is 88.3 Å². The highest BCUT2D eigenvalue weighted by Gasteiger charge is 2.79. The number of ether oxygens (including phenoxy) is 3. The Hall–Kier alpha value is -0.420. The Morgan fingerprint density at radius 3 is 2.65 bits per heavy atom. The molecule has 0 radical (unpaired) electrons. The number of allylic oxidation sites excluding steroid dienone is 1. The molecule has 144 valence electrons. The van der Waals surface area contributed by atoms with Crippen LogP contribution in [-0.4, -0.2) is 40.9 Å². The van der Waals surface area contributed by atoms with Gasteiger partial charge >= 0.3 is 0 Å². The van der Waals surface area contributed by atoms with Gasteiger partial charge in [0, 0.05) is 18.3 Å². The molecule has 7 atom stereocenters. The molecule has 0 amide bonds. The molecule has 2 unspecified atom stereocenters. The fraction of sp³-hybridized carbons (Fsp3) is 0.909. The Morgan fingerprint density at radius 2 is 1.88 bits per heavy atom. The van der Waals surface area contributed by atoms with Crippen LogP contribution in [0.2, 0.25) is 0 Å². The van der Waals surface area contributed by atoms with Crippen molar-refractivity contribution in [3.63, 3.8) is 0 Å². The van der Waals surface area contributed by atoms with Crippen molar-refractivity contribution in [1.29, 1.82) is 0 Å². The molecule has 4 nitrogen and oxygen atoms in total. The van der Waals surface area contributed by atoms with Crippen LogP contribution in [0.3, 0.4) is 0 Å².